The van der Waals surface area contributed by atoms with Gasteiger partial charge in [-0.1, -0.05) is 6.58 Å². The number of aliphatic hydroxyl groups excluding tert-OH is 1. The van der Waals surface area contributed by atoms with E-state index in [9.17, 15) is 5.11 Å². The Morgan fingerprint density at radius 1 is 1.50 bits per heavy atom. The first kappa shape index (κ1) is 11.5. The quantitative estimate of drug-likeness (QED) is 0.589. The summed E-state index contributed by atoms with van der Waals surface area (Å²) in [4.78, 5) is 2.12. The fourth-order valence-corrected chi connectivity index (χ4v) is 1.43. The van der Waals surface area contributed by atoms with Gasteiger partial charge in [-0.05, 0) is 0 Å². The molecule has 0 aliphatic carbocycles. The second kappa shape index (κ2) is 5.98. The normalized spacial score (nSPS) is 20.4. The second-order valence-corrected chi connectivity index (χ2v) is 3.37. The van der Waals surface area contributed by atoms with Crippen molar-refractivity contribution in [2.75, 3.05) is 39.4 Å². The first-order valence-electron chi connectivity index (χ1n) is 4.78. The Morgan fingerprint density at radius 2 is 2.14 bits per heavy atom. The largest absolute Gasteiger partial charge is 0.390 e. The molecular weight excluding hydrogens is 184 g/mol. The van der Waals surface area contributed by atoms with Gasteiger partial charge in [0.1, 0.15) is 0 Å². The molecule has 5 nitrogen and oxygen atoms in total. The van der Waals surface area contributed by atoms with Crippen LogP contribution in [0.2, 0.25) is 0 Å². The standard InChI is InChI=1S/C9H18N2O3/c1-2-11(13)8-9(12)7-10-3-5-14-6-4-10/h2,9,12-13H,1,3-8H2. The van der Waals surface area contributed by atoms with Gasteiger partial charge in [-0.25, -0.2) is 0 Å². The molecule has 82 valence electrons. The third-order valence-electron chi connectivity index (χ3n) is 2.18. The zero-order valence-corrected chi connectivity index (χ0v) is 8.30. The Hall–Kier alpha value is -0.620. The average molecular weight is 202 g/mol. The molecule has 0 amide bonds. The van der Waals surface area contributed by atoms with Crippen LogP contribution in [0.15, 0.2) is 12.8 Å². The fraction of sp³-hybridized carbons (Fsp3) is 0.778. The lowest BCUT2D eigenvalue weighted by molar-refractivity contribution is -0.0768. The van der Waals surface area contributed by atoms with Crippen molar-refractivity contribution < 1.29 is 15.1 Å². The van der Waals surface area contributed by atoms with Crippen molar-refractivity contribution in [1.29, 1.82) is 0 Å². The highest BCUT2D eigenvalue weighted by Gasteiger charge is 2.15. The van der Waals surface area contributed by atoms with Crippen LogP contribution >= 0.6 is 0 Å². The number of nitrogens with zero attached hydrogens (tertiary/aromatic N) is 2. The molecule has 1 rings (SSSR count). The van der Waals surface area contributed by atoms with Gasteiger partial charge in [0.15, 0.2) is 0 Å². The van der Waals surface area contributed by atoms with Gasteiger partial charge in [0.2, 0.25) is 0 Å². The van der Waals surface area contributed by atoms with Crippen LogP contribution < -0.4 is 0 Å². The summed E-state index contributed by atoms with van der Waals surface area (Å²) in [5.74, 6) is 0. The van der Waals surface area contributed by atoms with E-state index in [2.05, 4.69) is 11.5 Å². The zero-order valence-electron chi connectivity index (χ0n) is 8.30. The van der Waals surface area contributed by atoms with Crippen LogP contribution in [0.1, 0.15) is 0 Å². The molecule has 1 aliphatic rings. The van der Waals surface area contributed by atoms with E-state index in [1.54, 1.807) is 0 Å². The van der Waals surface area contributed by atoms with E-state index >= 15 is 0 Å². The summed E-state index contributed by atoms with van der Waals surface area (Å²) in [6.07, 6.45) is 0.721. The van der Waals surface area contributed by atoms with Crippen LogP contribution in [0, 0.1) is 0 Å². The molecular formula is C9H18N2O3. The first-order chi connectivity index (χ1) is 6.72. The van der Waals surface area contributed by atoms with Crippen LogP contribution in [0.5, 0.6) is 0 Å². The Kier molecular flexibility index (Phi) is 4.89. The number of morpholine rings is 1. The smallest absolute Gasteiger partial charge is 0.0866 e. The van der Waals surface area contributed by atoms with E-state index in [1.807, 2.05) is 0 Å². The summed E-state index contributed by atoms with van der Waals surface area (Å²) >= 11 is 0. The summed E-state index contributed by atoms with van der Waals surface area (Å²) in [6, 6.07) is 0. The van der Waals surface area contributed by atoms with Crippen LogP contribution in [-0.2, 0) is 4.74 Å². The molecule has 0 saturated carbocycles. The molecule has 0 aromatic carbocycles. The van der Waals surface area contributed by atoms with E-state index in [0.29, 0.717) is 6.54 Å². The molecule has 14 heavy (non-hydrogen) atoms. The number of hydroxylamine groups is 2. The van der Waals surface area contributed by atoms with Crippen LogP contribution in [-0.4, -0.2) is 65.8 Å². The van der Waals surface area contributed by atoms with Crippen LogP contribution in [0.25, 0.3) is 0 Å². The Bertz CT molecular complexity index is 171. The van der Waals surface area contributed by atoms with E-state index in [0.717, 1.165) is 31.4 Å². The van der Waals surface area contributed by atoms with Crippen molar-refractivity contribution >= 4 is 0 Å². The highest BCUT2D eigenvalue weighted by atomic mass is 16.5. The monoisotopic (exact) mass is 202 g/mol. The summed E-state index contributed by atoms with van der Waals surface area (Å²) in [5, 5.41) is 19.5. The Labute approximate surface area is 84.1 Å². The predicted octanol–water partition coefficient (Wildman–Crippen LogP) is -0.486. The summed E-state index contributed by atoms with van der Waals surface area (Å²) in [7, 11) is 0. The lowest BCUT2D eigenvalue weighted by Gasteiger charge is -2.29. The SMILES string of the molecule is C=CN(O)CC(O)CN1CCOCC1. The van der Waals surface area contributed by atoms with Gasteiger partial charge in [0.25, 0.3) is 0 Å². The molecule has 1 aliphatic heterocycles. The molecule has 1 saturated heterocycles. The van der Waals surface area contributed by atoms with E-state index < -0.39 is 6.10 Å². The number of ether oxygens (including phenoxy) is 1. The van der Waals surface area contributed by atoms with Gasteiger partial charge >= 0.3 is 0 Å². The molecule has 0 radical (unpaired) electrons. The third kappa shape index (κ3) is 4.06. The second-order valence-electron chi connectivity index (χ2n) is 3.37. The van der Waals surface area contributed by atoms with Crippen molar-refractivity contribution in [2.24, 2.45) is 0 Å². The Balaban J connectivity index is 2.17. The minimum atomic E-state index is -0.559. The van der Waals surface area contributed by atoms with Crippen molar-refractivity contribution in [1.82, 2.24) is 9.96 Å². The first-order valence-corrected chi connectivity index (χ1v) is 4.78. The Morgan fingerprint density at radius 3 is 2.71 bits per heavy atom. The molecule has 0 bridgehead atoms. The molecule has 0 aromatic heterocycles. The molecule has 1 heterocycles. The number of hydrogen-bond acceptors (Lipinski definition) is 5. The van der Waals surface area contributed by atoms with Gasteiger partial charge in [-0.15, -0.1) is 0 Å². The maximum absolute atomic E-state index is 9.57. The van der Waals surface area contributed by atoms with Gasteiger partial charge in [0.05, 0.1) is 25.9 Å². The van der Waals surface area contributed by atoms with Crippen molar-refractivity contribution in [3.63, 3.8) is 0 Å². The van der Waals surface area contributed by atoms with Crippen molar-refractivity contribution in [3.8, 4) is 0 Å². The molecule has 5 heteroatoms. The number of rotatable bonds is 5. The molecule has 1 unspecified atom stereocenters. The minimum Gasteiger partial charge on any atom is -0.390 e. The van der Waals surface area contributed by atoms with Gasteiger partial charge in [0, 0.05) is 25.8 Å². The lowest BCUT2D eigenvalue weighted by atomic mass is 10.3. The molecule has 2 N–H and O–H groups in total. The molecule has 0 spiro atoms. The molecule has 1 fully saturated rings. The zero-order chi connectivity index (χ0) is 10.4. The average Bonchev–Trinajstić information content (AvgIpc) is 2.19. The molecule has 0 aromatic rings. The van der Waals surface area contributed by atoms with Crippen LogP contribution in [0.4, 0.5) is 0 Å². The fourth-order valence-electron chi connectivity index (χ4n) is 1.43. The summed E-state index contributed by atoms with van der Waals surface area (Å²) in [5.41, 5.74) is 0. The van der Waals surface area contributed by atoms with Gasteiger partial charge in [-0.3, -0.25) is 15.2 Å². The third-order valence-corrected chi connectivity index (χ3v) is 2.18. The van der Waals surface area contributed by atoms with Gasteiger partial charge in [-0.2, -0.15) is 0 Å². The van der Waals surface area contributed by atoms with E-state index in [4.69, 9.17) is 9.94 Å². The number of aliphatic hydroxyl groups is 1. The predicted molar refractivity (Wildman–Crippen MR) is 52.0 cm³/mol. The van der Waals surface area contributed by atoms with Crippen LogP contribution in [0.3, 0.4) is 0 Å². The van der Waals surface area contributed by atoms with E-state index in [-0.39, 0.29) is 6.54 Å². The maximum Gasteiger partial charge on any atom is 0.0866 e. The number of hydrogen-bond donors (Lipinski definition) is 2. The van der Waals surface area contributed by atoms with Gasteiger partial charge < -0.3 is 9.84 Å². The summed E-state index contributed by atoms with van der Waals surface area (Å²) < 4.78 is 5.18. The minimum absolute atomic E-state index is 0.195. The topological polar surface area (TPSA) is 56.2 Å². The highest BCUT2D eigenvalue weighted by molar-refractivity contribution is 4.71. The van der Waals surface area contributed by atoms with Crippen molar-refractivity contribution in [2.45, 2.75) is 6.10 Å². The highest BCUT2D eigenvalue weighted by Crippen LogP contribution is 1.99. The maximum atomic E-state index is 9.57. The summed E-state index contributed by atoms with van der Waals surface area (Å²) in [6.45, 7) is 7.28. The lowest BCUT2D eigenvalue weighted by Crippen LogP contribution is -2.43. The van der Waals surface area contributed by atoms with Crippen molar-refractivity contribution in [3.05, 3.63) is 12.8 Å². The molecule has 1 atom stereocenters. The number of β-amino-alcohol motifs (C(OH)–C–C–N with tert-alkyl or cyclic N) is 1. The van der Waals surface area contributed by atoms with E-state index in [1.165, 1.54) is 6.20 Å².